The molecule has 0 bridgehead atoms. The van der Waals surface area contributed by atoms with Crippen molar-refractivity contribution in [1.82, 2.24) is 4.98 Å². The molecule has 0 aliphatic carbocycles. The highest BCUT2D eigenvalue weighted by molar-refractivity contribution is 6.35. The van der Waals surface area contributed by atoms with Crippen molar-refractivity contribution in [2.75, 3.05) is 11.1 Å². The summed E-state index contributed by atoms with van der Waals surface area (Å²) in [5.41, 5.74) is 8.94. The summed E-state index contributed by atoms with van der Waals surface area (Å²) >= 11 is 18.1. The quantitative estimate of drug-likeness (QED) is 0.769. The zero-order chi connectivity index (χ0) is 14.9. The minimum atomic E-state index is -0.0417. The third-order valence-electron chi connectivity index (χ3n) is 3.02. The molecule has 0 fully saturated rings. The highest BCUT2D eigenvalue weighted by Gasteiger charge is 2.13. The zero-order valence-corrected chi connectivity index (χ0v) is 13.3. The molecule has 0 radical (unpaired) electrons. The van der Waals surface area contributed by atoms with Crippen LogP contribution in [0.2, 0.25) is 15.2 Å². The molecule has 1 aromatic heterocycles. The summed E-state index contributed by atoms with van der Waals surface area (Å²) in [7, 11) is 0. The number of hydrogen-bond acceptors (Lipinski definition) is 3. The van der Waals surface area contributed by atoms with Crippen molar-refractivity contribution in [3.63, 3.8) is 0 Å². The van der Waals surface area contributed by atoms with E-state index in [1.807, 2.05) is 19.9 Å². The summed E-state index contributed by atoms with van der Waals surface area (Å²) in [5, 5.41) is 4.90. The fourth-order valence-electron chi connectivity index (χ4n) is 1.93. The van der Waals surface area contributed by atoms with Crippen LogP contribution in [0.1, 0.15) is 24.2 Å². The van der Waals surface area contributed by atoms with Gasteiger partial charge in [0.2, 0.25) is 0 Å². The van der Waals surface area contributed by atoms with Crippen LogP contribution in [-0.4, -0.2) is 4.98 Å². The number of nitrogens with one attached hydrogen (secondary N) is 1. The number of benzene rings is 1. The number of nitrogens with zero attached hydrogens (tertiary/aromatic N) is 1. The van der Waals surface area contributed by atoms with Gasteiger partial charge in [-0.25, -0.2) is 4.98 Å². The number of aryl methyl sites for hydroxylation is 1. The second kappa shape index (κ2) is 6.08. The molecule has 0 aliphatic heterocycles. The molecule has 3 nitrogen and oxygen atoms in total. The van der Waals surface area contributed by atoms with E-state index in [9.17, 15) is 0 Å². The minimum absolute atomic E-state index is 0.0417. The largest absolute Gasteiger partial charge is 0.396 e. The standard InChI is InChI=1S/C14H14Cl3N3/c1-7(10-4-3-9(15)5-11(10)16)19-12-6-13(17)20-8(2)14(12)18/h3-7H,18H2,1-2H3,(H,19,20)/t7-/m1/s1. The Morgan fingerprint density at radius 2 is 1.90 bits per heavy atom. The highest BCUT2D eigenvalue weighted by atomic mass is 35.5. The molecule has 106 valence electrons. The number of nitrogens with two attached hydrogens (primary N) is 1. The van der Waals surface area contributed by atoms with Gasteiger partial charge in [-0.2, -0.15) is 0 Å². The van der Waals surface area contributed by atoms with Gasteiger partial charge in [0.05, 0.1) is 23.1 Å². The first-order valence-electron chi connectivity index (χ1n) is 6.02. The monoisotopic (exact) mass is 329 g/mol. The number of pyridine rings is 1. The van der Waals surface area contributed by atoms with Crippen LogP contribution in [0.3, 0.4) is 0 Å². The van der Waals surface area contributed by atoms with Crippen molar-refractivity contribution >= 4 is 46.2 Å². The van der Waals surface area contributed by atoms with E-state index in [2.05, 4.69) is 10.3 Å². The summed E-state index contributed by atoms with van der Waals surface area (Å²) in [4.78, 5) is 4.10. The minimum Gasteiger partial charge on any atom is -0.396 e. The Kier molecular flexibility index (Phi) is 4.63. The molecule has 2 rings (SSSR count). The molecule has 2 aromatic rings. The molecule has 0 saturated heterocycles. The Hall–Kier alpha value is -1.16. The molecule has 0 aliphatic rings. The van der Waals surface area contributed by atoms with E-state index in [4.69, 9.17) is 40.5 Å². The van der Waals surface area contributed by atoms with E-state index in [-0.39, 0.29) is 6.04 Å². The lowest BCUT2D eigenvalue weighted by Gasteiger charge is -2.19. The van der Waals surface area contributed by atoms with Gasteiger partial charge in [-0.15, -0.1) is 0 Å². The maximum Gasteiger partial charge on any atom is 0.131 e. The first-order chi connectivity index (χ1) is 9.38. The molecule has 1 atom stereocenters. The zero-order valence-electron chi connectivity index (χ0n) is 11.0. The summed E-state index contributed by atoms with van der Waals surface area (Å²) in [6.45, 7) is 3.80. The molecular formula is C14H14Cl3N3. The molecule has 1 aromatic carbocycles. The van der Waals surface area contributed by atoms with E-state index in [0.29, 0.717) is 26.6 Å². The second-order valence-electron chi connectivity index (χ2n) is 4.52. The molecule has 0 saturated carbocycles. The highest BCUT2D eigenvalue weighted by Crippen LogP contribution is 2.31. The van der Waals surface area contributed by atoms with Crippen molar-refractivity contribution in [3.05, 3.63) is 50.7 Å². The van der Waals surface area contributed by atoms with Gasteiger partial charge in [0.15, 0.2) is 0 Å². The third-order valence-corrected chi connectivity index (χ3v) is 3.77. The molecule has 3 N–H and O–H groups in total. The molecule has 0 unspecified atom stereocenters. The van der Waals surface area contributed by atoms with Gasteiger partial charge in [-0.05, 0) is 31.5 Å². The SMILES string of the molecule is Cc1nc(Cl)cc(N[C@H](C)c2ccc(Cl)cc2Cl)c1N. The van der Waals surface area contributed by atoms with E-state index in [0.717, 1.165) is 11.3 Å². The van der Waals surface area contributed by atoms with Crippen molar-refractivity contribution in [3.8, 4) is 0 Å². The van der Waals surface area contributed by atoms with E-state index < -0.39 is 0 Å². The smallest absolute Gasteiger partial charge is 0.131 e. The van der Waals surface area contributed by atoms with Gasteiger partial charge < -0.3 is 11.1 Å². The Morgan fingerprint density at radius 1 is 1.20 bits per heavy atom. The lowest BCUT2D eigenvalue weighted by molar-refractivity contribution is 0.884. The van der Waals surface area contributed by atoms with E-state index in [1.54, 1.807) is 18.2 Å². The lowest BCUT2D eigenvalue weighted by atomic mass is 10.1. The Balaban J connectivity index is 2.30. The average molecular weight is 331 g/mol. The van der Waals surface area contributed by atoms with Gasteiger partial charge in [0.1, 0.15) is 5.15 Å². The van der Waals surface area contributed by atoms with Crippen LogP contribution in [0.4, 0.5) is 11.4 Å². The first kappa shape index (κ1) is 15.2. The fourth-order valence-corrected chi connectivity index (χ4v) is 2.74. The van der Waals surface area contributed by atoms with Crippen LogP contribution in [0.25, 0.3) is 0 Å². The Labute approximate surface area is 133 Å². The summed E-state index contributed by atoms with van der Waals surface area (Å²) in [5.74, 6) is 0. The van der Waals surface area contributed by atoms with Crippen LogP contribution in [0.5, 0.6) is 0 Å². The van der Waals surface area contributed by atoms with Crippen LogP contribution in [0.15, 0.2) is 24.3 Å². The maximum atomic E-state index is 6.20. The molecule has 1 heterocycles. The Morgan fingerprint density at radius 3 is 2.55 bits per heavy atom. The van der Waals surface area contributed by atoms with Gasteiger partial charge in [-0.1, -0.05) is 40.9 Å². The summed E-state index contributed by atoms with van der Waals surface area (Å²) in [6.07, 6.45) is 0. The topological polar surface area (TPSA) is 50.9 Å². The fraction of sp³-hybridized carbons (Fsp3) is 0.214. The first-order valence-corrected chi connectivity index (χ1v) is 7.16. The number of nitrogen functional groups attached to an aromatic ring is 1. The maximum absolute atomic E-state index is 6.20. The van der Waals surface area contributed by atoms with Crippen molar-refractivity contribution < 1.29 is 0 Å². The van der Waals surface area contributed by atoms with Crippen molar-refractivity contribution in [2.24, 2.45) is 0 Å². The van der Waals surface area contributed by atoms with Crippen LogP contribution < -0.4 is 11.1 Å². The van der Waals surface area contributed by atoms with Gasteiger partial charge in [0.25, 0.3) is 0 Å². The second-order valence-corrected chi connectivity index (χ2v) is 5.75. The summed E-state index contributed by atoms with van der Waals surface area (Å²) in [6, 6.07) is 7.05. The predicted octanol–water partition coefficient (Wildman–Crippen LogP) is 5.11. The van der Waals surface area contributed by atoms with Crippen molar-refractivity contribution in [1.29, 1.82) is 0 Å². The van der Waals surface area contributed by atoms with Gasteiger partial charge in [-0.3, -0.25) is 0 Å². The third kappa shape index (κ3) is 3.29. The molecule has 0 spiro atoms. The number of rotatable bonds is 3. The summed E-state index contributed by atoms with van der Waals surface area (Å²) < 4.78 is 0. The van der Waals surface area contributed by atoms with E-state index in [1.165, 1.54) is 0 Å². The predicted molar refractivity (Wildman–Crippen MR) is 86.9 cm³/mol. The Bertz CT molecular complexity index is 644. The van der Waals surface area contributed by atoms with Crippen LogP contribution in [0, 0.1) is 6.92 Å². The lowest BCUT2D eigenvalue weighted by Crippen LogP contribution is -2.10. The number of halogens is 3. The molecular weight excluding hydrogens is 317 g/mol. The van der Waals surface area contributed by atoms with Crippen LogP contribution >= 0.6 is 34.8 Å². The van der Waals surface area contributed by atoms with Gasteiger partial charge >= 0.3 is 0 Å². The number of anilines is 2. The van der Waals surface area contributed by atoms with Gasteiger partial charge in [0, 0.05) is 16.1 Å². The normalized spacial score (nSPS) is 12.2. The van der Waals surface area contributed by atoms with Crippen LogP contribution in [-0.2, 0) is 0 Å². The molecule has 0 amide bonds. The number of hydrogen-bond donors (Lipinski definition) is 2. The van der Waals surface area contributed by atoms with E-state index >= 15 is 0 Å². The molecule has 20 heavy (non-hydrogen) atoms. The van der Waals surface area contributed by atoms with Crippen molar-refractivity contribution in [2.45, 2.75) is 19.9 Å². The molecule has 6 heteroatoms. The number of aromatic nitrogens is 1. The average Bonchev–Trinajstić information content (AvgIpc) is 2.35.